The number of fused-ring (bicyclic) bond motifs is 1. The van der Waals surface area contributed by atoms with Crippen molar-refractivity contribution >= 4 is 22.7 Å². The number of hydrogen-bond donors (Lipinski definition) is 1. The normalized spacial score (nSPS) is 15.4. The van der Waals surface area contributed by atoms with Crippen LogP contribution in [0.25, 0.3) is 11.0 Å². The quantitative estimate of drug-likeness (QED) is 0.227. The number of Topliss-reactive ketones (excluding diaryl/α,β-unsaturated/α-hetero) is 1. The van der Waals surface area contributed by atoms with E-state index in [0.717, 1.165) is 6.42 Å². The molecule has 2 aromatic heterocycles. The summed E-state index contributed by atoms with van der Waals surface area (Å²) >= 11 is 0. The van der Waals surface area contributed by atoms with Crippen molar-refractivity contribution in [2.24, 2.45) is 5.92 Å². The zero-order valence-corrected chi connectivity index (χ0v) is 22.9. The average molecular weight is 544 g/mol. The number of aromatic nitrogens is 2. The molecule has 1 aliphatic heterocycles. The number of imidazole rings is 1. The number of aliphatic hydroxyl groups excluding tert-OH is 1. The Morgan fingerprint density at radius 2 is 1.98 bits per heavy atom. The van der Waals surface area contributed by atoms with Crippen molar-refractivity contribution in [3.05, 3.63) is 89.9 Å². The number of nitrogens with zero attached hydrogens (tertiary/aromatic N) is 3. The maximum absolute atomic E-state index is 13.9. The number of rotatable bonds is 12. The van der Waals surface area contributed by atoms with Crippen LogP contribution in [0.15, 0.2) is 83.0 Å². The summed E-state index contributed by atoms with van der Waals surface area (Å²) in [6, 6.07) is 13.5. The van der Waals surface area contributed by atoms with Crippen LogP contribution in [0, 0.1) is 5.92 Å². The van der Waals surface area contributed by atoms with Gasteiger partial charge in [0.2, 0.25) is 5.78 Å². The molecule has 1 unspecified atom stereocenters. The van der Waals surface area contributed by atoms with Gasteiger partial charge in [0.1, 0.15) is 5.75 Å². The average Bonchev–Trinajstić information content (AvgIpc) is 3.68. The van der Waals surface area contributed by atoms with Gasteiger partial charge in [0.05, 0.1) is 31.7 Å². The van der Waals surface area contributed by atoms with Crippen LogP contribution >= 0.6 is 0 Å². The number of methoxy groups -OCH3 is 1. The molecule has 0 aliphatic carbocycles. The Morgan fingerprint density at radius 1 is 1.15 bits per heavy atom. The fraction of sp³-hybridized carbons (Fsp3) is 0.323. The van der Waals surface area contributed by atoms with Crippen LogP contribution in [-0.2, 0) is 11.3 Å². The van der Waals surface area contributed by atoms with Crippen molar-refractivity contribution in [3.8, 4) is 11.5 Å². The molecule has 5 rings (SSSR count). The van der Waals surface area contributed by atoms with Crippen LogP contribution in [0.3, 0.4) is 0 Å². The number of carbonyl (C=O) groups is 2. The Labute approximate surface area is 232 Å². The second-order valence-corrected chi connectivity index (χ2v) is 10.2. The molecule has 0 spiro atoms. The molecule has 208 valence electrons. The van der Waals surface area contributed by atoms with Gasteiger partial charge >= 0.3 is 0 Å². The first kappa shape index (κ1) is 27.1. The topological polar surface area (TPSA) is 107 Å². The molecule has 0 saturated heterocycles. The second kappa shape index (κ2) is 11.7. The Morgan fingerprint density at radius 3 is 2.73 bits per heavy atom. The van der Waals surface area contributed by atoms with Gasteiger partial charge in [0, 0.05) is 30.9 Å². The van der Waals surface area contributed by atoms with Crippen LogP contribution in [0.5, 0.6) is 11.5 Å². The van der Waals surface area contributed by atoms with Crippen LogP contribution in [-0.4, -0.2) is 51.5 Å². The van der Waals surface area contributed by atoms with Gasteiger partial charge in [-0.05, 0) is 48.6 Å². The van der Waals surface area contributed by atoms with Crippen molar-refractivity contribution in [1.29, 1.82) is 0 Å². The van der Waals surface area contributed by atoms with E-state index in [1.165, 1.54) is 12.0 Å². The molecule has 4 aromatic rings. The Bertz CT molecular complexity index is 1540. The molecule has 0 fully saturated rings. The van der Waals surface area contributed by atoms with E-state index >= 15 is 0 Å². The van der Waals surface area contributed by atoms with Gasteiger partial charge in [0.15, 0.2) is 22.9 Å². The molecule has 1 atom stereocenters. The number of benzene rings is 2. The summed E-state index contributed by atoms with van der Waals surface area (Å²) in [7, 11) is 1.52. The van der Waals surface area contributed by atoms with Crippen LogP contribution in [0.4, 0.5) is 0 Å². The smallest absolute Gasteiger partial charge is 0.290 e. The first-order valence-electron chi connectivity index (χ1n) is 13.4. The maximum atomic E-state index is 13.9. The van der Waals surface area contributed by atoms with Gasteiger partial charge in [0.25, 0.3) is 5.91 Å². The van der Waals surface area contributed by atoms with E-state index < -0.39 is 23.5 Å². The number of furan rings is 1. The van der Waals surface area contributed by atoms with Crippen molar-refractivity contribution in [2.75, 3.05) is 20.3 Å². The number of ketones is 1. The van der Waals surface area contributed by atoms with Gasteiger partial charge in [-0.1, -0.05) is 38.1 Å². The lowest BCUT2D eigenvalue weighted by Gasteiger charge is -2.27. The Balaban J connectivity index is 1.49. The van der Waals surface area contributed by atoms with E-state index in [9.17, 15) is 14.7 Å². The van der Waals surface area contributed by atoms with Crippen molar-refractivity contribution in [3.63, 3.8) is 0 Å². The molecular formula is C31H33N3O6. The van der Waals surface area contributed by atoms with E-state index in [4.69, 9.17) is 13.9 Å². The lowest BCUT2D eigenvalue weighted by molar-refractivity contribution is -0.129. The van der Waals surface area contributed by atoms with Gasteiger partial charge < -0.3 is 28.5 Å². The number of carbonyl (C=O) groups excluding carboxylic acids is 2. The molecule has 0 saturated carbocycles. The zero-order chi connectivity index (χ0) is 28.2. The fourth-order valence-electron chi connectivity index (χ4n) is 4.93. The van der Waals surface area contributed by atoms with Crippen molar-refractivity contribution < 1.29 is 28.6 Å². The number of ether oxygens (including phenoxy) is 2. The standard InChI is InChI=1S/C31H33N3O6/c1-20(2)11-16-39-23-9-4-7-21(17-23)27-26(28(35)25-18-22-8-5-10-24(38-3)30(22)40-25)29(36)31(37)34(27)14-6-13-33-15-12-32-19-33/h4-5,7-10,12,15,17-20,27,36H,6,11,13-14,16H2,1-3H3. The monoisotopic (exact) mass is 543 g/mol. The zero-order valence-electron chi connectivity index (χ0n) is 22.9. The summed E-state index contributed by atoms with van der Waals surface area (Å²) in [5, 5.41) is 11.8. The molecule has 9 heteroatoms. The minimum Gasteiger partial charge on any atom is -0.503 e. The molecule has 0 bridgehead atoms. The molecule has 9 nitrogen and oxygen atoms in total. The van der Waals surface area contributed by atoms with Gasteiger partial charge in [-0.2, -0.15) is 0 Å². The van der Waals surface area contributed by atoms with Gasteiger partial charge in [-0.15, -0.1) is 0 Å². The molecule has 0 radical (unpaired) electrons. The molecule has 1 amide bonds. The molecule has 3 heterocycles. The van der Waals surface area contributed by atoms with E-state index in [1.807, 2.05) is 41.1 Å². The highest BCUT2D eigenvalue weighted by atomic mass is 16.5. The lowest BCUT2D eigenvalue weighted by atomic mass is 9.94. The summed E-state index contributed by atoms with van der Waals surface area (Å²) < 4.78 is 19.2. The summed E-state index contributed by atoms with van der Waals surface area (Å²) in [5.41, 5.74) is 1.07. The summed E-state index contributed by atoms with van der Waals surface area (Å²) in [6.07, 6.45) is 6.75. The number of hydrogen-bond acceptors (Lipinski definition) is 7. The largest absolute Gasteiger partial charge is 0.503 e. The molecule has 2 aromatic carbocycles. The van der Waals surface area contributed by atoms with E-state index in [-0.39, 0.29) is 11.3 Å². The first-order chi connectivity index (χ1) is 19.4. The number of amides is 1. The lowest BCUT2D eigenvalue weighted by Crippen LogP contribution is -2.32. The minimum absolute atomic E-state index is 0.0171. The SMILES string of the molecule is COc1cccc2cc(C(=O)C3=C(O)C(=O)N(CCCn4ccnc4)C3c3cccc(OCCC(C)C)c3)oc12. The third kappa shape index (κ3) is 5.45. The highest BCUT2D eigenvalue weighted by Crippen LogP contribution is 2.41. The third-order valence-electron chi connectivity index (χ3n) is 7.01. The highest BCUT2D eigenvalue weighted by Gasteiger charge is 2.44. The molecule has 1 N–H and O–H groups in total. The number of para-hydroxylation sites is 1. The molecular weight excluding hydrogens is 510 g/mol. The van der Waals surface area contributed by atoms with Gasteiger partial charge in [-0.25, -0.2) is 4.98 Å². The van der Waals surface area contributed by atoms with E-state index in [2.05, 4.69) is 18.8 Å². The van der Waals surface area contributed by atoms with Gasteiger partial charge in [-0.3, -0.25) is 9.59 Å². The predicted molar refractivity (Wildman–Crippen MR) is 149 cm³/mol. The minimum atomic E-state index is -0.813. The van der Waals surface area contributed by atoms with Crippen molar-refractivity contribution in [1.82, 2.24) is 14.5 Å². The first-order valence-corrected chi connectivity index (χ1v) is 13.4. The number of aryl methyl sites for hydroxylation is 1. The van der Waals surface area contributed by atoms with E-state index in [1.54, 1.807) is 30.7 Å². The Kier molecular flexibility index (Phi) is 7.91. The summed E-state index contributed by atoms with van der Waals surface area (Å²) in [5.74, 6) is -0.0965. The third-order valence-corrected chi connectivity index (χ3v) is 7.01. The van der Waals surface area contributed by atoms with Crippen LogP contribution < -0.4 is 9.47 Å². The predicted octanol–water partition coefficient (Wildman–Crippen LogP) is 5.73. The molecule has 40 heavy (non-hydrogen) atoms. The number of aliphatic hydroxyl groups is 1. The van der Waals surface area contributed by atoms with E-state index in [0.29, 0.717) is 60.1 Å². The maximum Gasteiger partial charge on any atom is 0.290 e. The second-order valence-electron chi connectivity index (χ2n) is 10.2. The van der Waals surface area contributed by atoms with Crippen LogP contribution in [0.2, 0.25) is 0 Å². The summed E-state index contributed by atoms with van der Waals surface area (Å²) in [4.78, 5) is 32.9. The molecule has 1 aliphatic rings. The van der Waals surface area contributed by atoms with Crippen LogP contribution in [0.1, 0.15) is 48.8 Å². The van der Waals surface area contributed by atoms with Crippen molar-refractivity contribution in [2.45, 2.75) is 39.3 Å². The Hall–Kier alpha value is -4.53. The summed E-state index contributed by atoms with van der Waals surface area (Å²) in [6.45, 7) is 5.75. The highest BCUT2D eigenvalue weighted by molar-refractivity contribution is 6.16. The fourth-order valence-corrected chi connectivity index (χ4v) is 4.93.